The Morgan fingerprint density at radius 2 is 1.06 bits per heavy atom. The molecule has 2 atom stereocenters. The fraction of sp³-hybridized carbons (Fsp3) is 0.391. The molecule has 0 saturated carbocycles. The van der Waals surface area contributed by atoms with Gasteiger partial charge in [0.25, 0.3) is 11.4 Å². The zero-order chi connectivity index (χ0) is 25.5. The van der Waals surface area contributed by atoms with Gasteiger partial charge in [0.2, 0.25) is 11.8 Å². The number of nitrogens with one attached hydrogen (secondary N) is 2. The Labute approximate surface area is 202 Å². The van der Waals surface area contributed by atoms with Crippen LogP contribution in [0.4, 0.5) is 22.7 Å². The Morgan fingerprint density at radius 1 is 0.714 bits per heavy atom. The molecule has 2 amide bonds. The van der Waals surface area contributed by atoms with Gasteiger partial charge in [0.1, 0.15) is 0 Å². The number of nitro groups is 2. The highest BCUT2D eigenvalue weighted by Gasteiger charge is 2.28. The van der Waals surface area contributed by atoms with E-state index in [1.165, 1.54) is 48.5 Å². The third-order valence-corrected chi connectivity index (χ3v) is 6.11. The molecule has 12 heteroatoms. The molecule has 0 unspecified atom stereocenters. The van der Waals surface area contributed by atoms with Crippen molar-refractivity contribution in [1.29, 1.82) is 0 Å². The number of hydrogen-bond acceptors (Lipinski definition) is 8. The number of nitro benzene ring substituents is 2. The zero-order valence-corrected chi connectivity index (χ0v) is 19.5. The number of hydrogen-bond donors (Lipinski definition) is 2. The first-order chi connectivity index (χ1) is 16.7. The summed E-state index contributed by atoms with van der Waals surface area (Å²) in [6.45, 7) is 6.15. The van der Waals surface area contributed by atoms with Gasteiger partial charge in [-0.15, -0.1) is 0 Å². The van der Waals surface area contributed by atoms with Gasteiger partial charge in [-0.25, -0.2) is 0 Å². The van der Waals surface area contributed by atoms with Crippen molar-refractivity contribution in [3.8, 4) is 0 Å². The van der Waals surface area contributed by atoms with Crippen molar-refractivity contribution in [3.05, 3.63) is 68.8 Å². The monoisotopic (exact) mass is 484 g/mol. The molecule has 35 heavy (non-hydrogen) atoms. The molecule has 2 N–H and O–H groups in total. The van der Waals surface area contributed by atoms with Crippen LogP contribution in [-0.2, 0) is 9.59 Å². The Morgan fingerprint density at radius 3 is 1.37 bits per heavy atom. The summed E-state index contributed by atoms with van der Waals surface area (Å²) in [6, 6.07) is 10.5. The minimum Gasteiger partial charge on any atom is -0.325 e. The third kappa shape index (κ3) is 6.80. The van der Waals surface area contributed by atoms with Crippen molar-refractivity contribution in [1.82, 2.24) is 9.80 Å². The molecule has 0 aromatic heterocycles. The van der Waals surface area contributed by atoms with Crippen LogP contribution in [0.1, 0.15) is 20.3 Å². The SMILES string of the molecule is C[C@@H](C(=O)Nc1ccc([N+](=O)[O-])cc1)N1CCCN([C@@H](C)C(=O)Nc2ccc([N+](=O)[O-])cc2)CC1. The second-order valence-corrected chi connectivity index (χ2v) is 8.36. The summed E-state index contributed by atoms with van der Waals surface area (Å²) in [5, 5.41) is 27.2. The van der Waals surface area contributed by atoms with Crippen LogP contribution in [-0.4, -0.2) is 69.7 Å². The van der Waals surface area contributed by atoms with Crippen molar-refractivity contribution in [2.75, 3.05) is 36.8 Å². The van der Waals surface area contributed by atoms with Crippen molar-refractivity contribution in [2.24, 2.45) is 0 Å². The summed E-state index contributed by atoms with van der Waals surface area (Å²) in [5.41, 5.74) is 0.881. The van der Waals surface area contributed by atoms with Crippen LogP contribution < -0.4 is 10.6 Å². The molecule has 186 valence electrons. The third-order valence-electron chi connectivity index (χ3n) is 6.11. The van der Waals surface area contributed by atoms with Gasteiger partial charge in [-0.1, -0.05) is 0 Å². The second kappa shape index (κ2) is 11.5. The van der Waals surface area contributed by atoms with Crippen LogP contribution >= 0.6 is 0 Å². The maximum Gasteiger partial charge on any atom is 0.269 e. The number of carbonyl (C=O) groups excluding carboxylic acids is 2. The maximum absolute atomic E-state index is 12.7. The number of benzene rings is 2. The molecule has 1 aliphatic rings. The summed E-state index contributed by atoms with van der Waals surface area (Å²) < 4.78 is 0. The van der Waals surface area contributed by atoms with Crippen molar-refractivity contribution >= 4 is 34.6 Å². The molecule has 3 rings (SSSR count). The minimum atomic E-state index is -0.496. The lowest BCUT2D eigenvalue weighted by molar-refractivity contribution is -0.385. The molecule has 1 saturated heterocycles. The van der Waals surface area contributed by atoms with E-state index in [0.29, 0.717) is 37.6 Å². The van der Waals surface area contributed by atoms with Crippen molar-refractivity contribution in [3.63, 3.8) is 0 Å². The van der Waals surface area contributed by atoms with Gasteiger partial charge in [-0.05, 0) is 44.5 Å². The van der Waals surface area contributed by atoms with Crippen LogP contribution in [0, 0.1) is 20.2 Å². The smallest absolute Gasteiger partial charge is 0.269 e. The normalized spacial score (nSPS) is 16.5. The van der Waals surface area contributed by atoms with E-state index in [1.807, 2.05) is 9.80 Å². The van der Waals surface area contributed by atoms with Crippen LogP contribution in [0.2, 0.25) is 0 Å². The van der Waals surface area contributed by atoms with Crippen molar-refractivity contribution in [2.45, 2.75) is 32.4 Å². The Kier molecular flexibility index (Phi) is 8.44. The quantitative estimate of drug-likeness (QED) is 0.429. The van der Waals surface area contributed by atoms with E-state index < -0.39 is 21.9 Å². The summed E-state index contributed by atoms with van der Waals surface area (Å²) >= 11 is 0. The number of anilines is 2. The van der Waals surface area contributed by atoms with E-state index in [1.54, 1.807) is 13.8 Å². The first kappa shape index (κ1) is 25.7. The summed E-state index contributed by atoms with van der Waals surface area (Å²) in [5.74, 6) is -0.424. The van der Waals surface area contributed by atoms with E-state index in [-0.39, 0.29) is 23.2 Å². The van der Waals surface area contributed by atoms with E-state index in [0.717, 1.165) is 6.42 Å². The number of rotatable bonds is 8. The average Bonchev–Trinajstić information content (AvgIpc) is 3.10. The largest absolute Gasteiger partial charge is 0.325 e. The standard InChI is InChI=1S/C23H28N6O6/c1-16(22(30)24-18-4-8-20(9-5-18)28(32)33)26-12-3-13-27(15-14-26)17(2)23(31)25-19-6-10-21(11-7-19)29(34)35/h4-11,16-17H,3,12-15H2,1-2H3,(H,24,30)(H,25,31)/t16-,17-/m0/s1. The van der Waals surface area contributed by atoms with Crippen molar-refractivity contribution < 1.29 is 19.4 Å². The van der Waals surface area contributed by atoms with Gasteiger partial charge in [0.15, 0.2) is 0 Å². The lowest BCUT2D eigenvalue weighted by Gasteiger charge is -2.28. The highest BCUT2D eigenvalue weighted by molar-refractivity contribution is 5.95. The molecule has 2 aromatic carbocycles. The summed E-state index contributed by atoms with van der Waals surface area (Å²) in [4.78, 5) is 50.1. The maximum atomic E-state index is 12.7. The van der Waals surface area contributed by atoms with Gasteiger partial charge >= 0.3 is 0 Å². The highest BCUT2D eigenvalue weighted by Crippen LogP contribution is 2.18. The highest BCUT2D eigenvalue weighted by atomic mass is 16.6. The van der Waals surface area contributed by atoms with E-state index in [2.05, 4.69) is 10.6 Å². The van der Waals surface area contributed by atoms with Gasteiger partial charge < -0.3 is 10.6 Å². The second-order valence-electron chi connectivity index (χ2n) is 8.36. The first-order valence-electron chi connectivity index (χ1n) is 11.2. The zero-order valence-electron chi connectivity index (χ0n) is 19.5. The van der Waals surface area contributed by atoms with Gasteiger partial charge in [0, 0.05) is 61.8 Å². The first-order valence-corrected chi connectivity index (χ1v) is 11.2. The molecular formula is C23H28N6O6. The Bertz CT molecular complexity index is 989. The molecule has 2 aromatic rings. The molecule has 12 nitrogen and oxygen atoms in total. The minimum absolute atomic E-state index is 0.0459. The van der Waals surface area contributed by atoms with Crippen LogP contribution in [0.25, 0.3) is 0 Å². The molecule has 0 bridgehead atoms. The predicted molar refractivity (Wildman–Crippen MR) is 130 cm³/mol. The summed E-state index contributed by atoms with van der Waals surface area (Å²) in [6.07, 6.45) is 0.768. The molecule has 0 radical (unpaired) electrons. The topological polar surface area (TPSA) is 151 Å². The summed E-state index contributed by atoms with van der Waals surface area (Å²) in [7, 11) is 0. The van der Waals surface area contributed by atoms with E-state index in [4.69, 9.17) is 0 Å². The van der Waals surface area contributed by atoms with Crippen LogP contribution in [0.3, 0.4) is 0 Å². The Balaban J connectivity index is 1.52. The van der Waals surface area contributed by atoms with Gasteiger partial charge in [0.05, 0.1) is 21.9 Å². The number of nitrogens with zero attached hydrogens (tertiary/aromatic N) is 4. The fourth-order valence-corrected chi connectivity index (χ4v) is 3.89. The predicted octanol–water partition coefficient (Wildman–Crippen LogP) is 2.86. The lowest BCUT2D eigenvalue weighted by Crippen LogP contribution is -2.46. The van der Waals surface area contributed by atoms with Gasteiger partial charge in [-0.2, -0.15) is 0 Å². The number of carbonyl (C=O) groups is 2. The van der Waals surface area contributed by atoms with Gasteiger partial charge in [-0.3, -0.25) is 39.6 Å². The molecule has 0 aliphatic carbocycles. The average molecular weight is 485 g/mol. The number of amides is 2. The lowest BCUT2D eigenvalue weighted by atomic mass is 10.2. The number of non-ortho nitro benzene ring substituents is 2. The van der Waals surface area contributed by atoms with Crippen LogP contribution in [0.15, 0.2) is 48.5 Å². The fourth-order valence-electron chi connectivity index (χ4n) is 3.89. The van der Waals surface area contributed by atoms with E-state index >= 15 is 0 Å². The van der Waals surface area contributed by atoms with Crippen LogP contribution in [0.5, 0.6) is 0 Å². The molecule has 1 fully saturated rings. The molecular weight excluding hydrogens is 456 g/mol. The molecule has 1 heterocycles. The Hall–Kier alpha value is -3.90. The molecule has 1 aliphatic heterocycles. The van der Waals surface area contributed by atoms with E-state index in [9.17, 15) is 29.8 Å². The molecule has 0 spiro atoms.